The molecule has 1 saturated carbocycles. The first-order valence-electron chi connectivity index (χ1n) is 15.2. The summed E-state index contributed by atoms with van der Waals surface area (Å²) in [4.78, 5) is 37.5. The van der Waals surface area contributed by atoms with E-state index >= 15 is 0 Å². The molecule has 16 nitrogen and oxygen atoms in total. The van der Waals surface area contributed by atoms with Crippen molar-refractivity contribution < 1.29 is 47.9 Å². The first-order chi connectivity index (χ1) is 22.3. The highest BCUT2D eigenvalue weighted by Crippen LogP contribution is 2.33. The van der Waals surface area contributed by atoms with Crippen molar-refractivity contribution in [1.82, 2.24) is 24.2 Å². The van der Waals surface area contributed by atoms with E-state index < -0.39 is 52.7 Å². The number of fused-ring (bicyclic) bond motifs is 1. The summed E-state index contributed by atoms with van der Waals surface area (Å²) in [6.07, 6.45) is -2.68. The zero-order chi connectivity index (χ0) is 34.0. The van der Waals surface area contributed by atoms with E-state index in [4.69, 9.17) is 9.47 Å². The summed E-state index contributed by atoms with van der Waals surface area (Å²) in [5.74, 6) is -0.494. The van der Waals surface area contributed by atoms with Gasteiger partial charge in [-0.2, -0.15) is 0 Å². The molecule has 2 aromatic heterocycles. The van der Waals surface area contributed by atoms with Crippen molar-refractivity contribution in [2.75, 3.05) is 31.8 Å². The molecule has 2 fully saturated rings. The van der Waals surface area contributed by atoms with Crippen molar-refractivity contribution in [3.8, 4) is 5.75 Å². The number of aliphatic hydroxyl groups excluding tert-OH is 3. The standard InChI is InChI=1S/C30H40N6O10S/c1-31-47(43,44)15-17-8-10-19(11-9-17)35(3)26-20-12-13-36(27(20)33-16-32-26)30(42)34(2)14-18-6-4-5-7-21(18)45-29-24(39)22(37)23(38)25(46-29)28(40)41/h4-7,12-13,16-17,19,22-25,29,31,37-39H,8-11,14-15H2,1-3H3,(H,40,41)/t17-,19-,22-,23-,24+,25-,29+/m0/s1. The second-order valence-electron chi connectivity index (χ2n) is 12.0. The molecular weight excluding hydrogens is 636 g/mol. The van der Waals surface area contributed by atoms with E-state index in [1.54, 1.807) is 43.6 Å². The lowest BCUT2D eigenvalue weighted by Gasteiger charge is -2.38. The SMILES string of the molecule is CNS(=O)(=O)C[C@H]1CC[C@H](N(C)c2ncnc3c2ccn3C(=O)N(C)Cc2ccccc2O[C@@H]2O[C@H](C(=O)O)[C@@H](O)[C@H](O)[C@H]2O)CC1. The van der Waals surface area contributed by atoms with E-state index in [9.17, 15) is 38.4 Å². The van der Waals surface area contributed by atoms with Crippen LogP contribution in [0.2, 0.25) is 0 Å². The van der Waals surface area contributed by atoms with Crippen LogP contribution in [0.4, 0.5) is 10.6 Å². The highest BCUT2D eigenvalue weighted by Gasteiger charge is 2.48. The Balaban J connectivity index is 1.28. The van der Waals surface area contributed by atoms with E-state index in [1.807, 2.05) is 7.05 Å². The lowest BCUT2D eigenvalue weighted by atomic mass is 9.86. The van der Waals surface area contributed by atoms with Crippen LogP contribution in [0.25, 0.3) is 11.0 Å². The van der Waals surface area contributed by atoms with E-state index in [0.29, 0.717) is 22.4 Å². The summed E-state index contributed by atoms with van der Waals surface area (Å²) in [7, 11) is 1.67. The van der Waals surface area contributed by atoms with E-state index in [0.717, 1.165) is 25.7 Å². The number of ether oxygens (including phenoxy) is 2. The Kier molecular flexibility index (Phi) is 10.3. The molecule has 5 atom stereocenters. The molecule has 1 amide bonds. The second kappa shape index (κ2) is 14.1. The van der Waals surface area contributed by atoms with Gasteiger partial charge in [-0.1, -0.05) is 18.2 Å². The summed E-state index contributed by atoms with van der Waals surface area (Å²) < 4.78 is 38.8. The van der Waals surface area contributed by atoms with E-state index in [-0.39, 0.29) is 30.0 Å². The molecule has 0 radical (unpaired) electrons. The van der Waals surface area contributed by atoms with Gasteiger partial charge in [0.05, 0.1) is 17.7 Å². The zero-order valence-corrected chi connectivity index (χ0v) is 27.0. The number of anilines is 1. The summed E-state index contributed by atoms with van der Waals surface area (Å²) in [5, 5.41) is 40.6. The minimum atomic E-state index is -3.27. The van der Waals surface area contributed by atoms with Gasteiger partial charge in [0.25, 0.3) is 0 Å². The molecule has 0 bridgehead atoms. The summed E-state index contributed by atoms with van der Waals surface area (Å²) in [5.41, 5.74) is 0.902. The first kappa shape index (κ1) is 34.5. The highest BCUT2D eigenvalue weighted by molar-refractivity contribution is 7.89. The van der Waals surface area contributed by atoms with Gasteiger partial charge in [0.2, 0.25) is 16.3 Å². The van der Waals surface area contributed by atoms with Crippen LogP contribution >= 0.6 is 0 Å². The Morgan fingerprint density at radius 2 is 1.74 bits per heavy atom. The molecule has 2 aliphatic rings. The molecule has 3 heterocycles. The van der Waals surface area contributed by atoms with Crippen molar-refractivity contribution in [2.45, 2.75) is 69.0 Å². The molecule has 1 saturated heterocycles. The fraction of sp³-hybridized carbons (Fsp3) is 0.533. The maximum Gasteiger partial charge on any atom is 0.335 e. The van der Waals surface area contributed by atoms with Gasteiger partial charge in [0.15, 0.2) is 11.8 Å². The van der Waals surface area contributed by atoms with Crippen LogP contribution in [0.3, 0.4) is 0 Å². The Morgan fingerprint density at radius 1 is 1.04 bits per heavy atom. The molecule has 47 heavy (non-hydrogen) atoms. The number of aliphatic hydroxyl groups is 3. The lowest BCUT2D eigenvalue weighted by Crippen LogP contribution is -2.61. The number of rotatable bonds is 10. The van der Waals surface area contributed by atoms with Crippen LogP contribution in [-0.2, 0) is 26.1 Å². The number of nitrogens with zero attached hydrogens (tertiary/aromatic N) is 5. The Labute approximate surface area is 271 Å². The summed E-state index contributed by atoms with van der Waals surface area (Å²) in [6.45, 7) is 0.0371. The van der Waals surface area contributed by atoms with Gasteiger partial charge < -0.3 is 39.7 Å². The third-order valence-corrected chi connectivity index (χ3v) is 10.4. The van der Waals surface area contributed by atoms with Crippen molar-refractivity contribution in [1.29, 1.82) is 0 Å². The molecule has 5 N–H and O–H groups in total. The zero-order valence-electron chi connectivity index (χ0n) is 26.2. The van der Waals surface area contributed by atoms with Crippen LogP contribution in [0.5, 0.6) is 5.75 Å². The number of aromatic nitrogens is 3. The average molecular weight is 677 g/mol. The number of benzene rings is 1. The predicted octanol–water partition coefficient (Wildman–Crippen LogP) is 0.347. The van der Waals surface area contributed by atoms with Gasteiger partial charge in [0.1, 0.15) is 36.2 Å². The van der Waals surface area contributed by atoms with Crippen LogP contribution in [0, 0.1) is 5.92 Å². The molecule has 256 valence electrons. The number of carboxylic acids is 1. The third kappa shape index (κ3) is 7.34. The second-order valence-corrected chi connectivity index (χ2v) is 14.0. The molecule has 1 aromatic carbocycles. The third-order valence-electron chi connectivity index (χ3n) is 8.89. The van der Waals surface area contributed by atoms with E-state index in [1.165, 1.54) is 22.8 Å². The molecule has 1 aliphatic carbocycles. The summed E-state index contributed by atoms with van der Waals surface area (Å²) in [6, 6.07) is 8.08. The van der Waals surface area contributed by atoms with Gasteiger partial charge in [0, 0.05) is 31.9 Å². The normalized spacial score (nSPS) is 26.6. The number of amides is 1. The minimum Gasteiger partial charge on any atom is -0.479 e. The highest BCUT2D eigenvalue weighted by atomic mass is 32.2. The van der Waals surface area contributed by atoms with Gasteiger partial charge in [-0.15, -0.1) is 0 Å². The van der Waals surface area contributed by atoms with Crippen LogP contribution < -0.4 is 14.4 Å². The first-order valence-corrected chi connectivity index (χ1v) is 16.8. The number of hydrogen-bond donors (Lipinski definition) is 5. The quantitative estimate of drug-likeness (QED) is 0.196. The Bertz CT molecular complexity index is 1700. The number of nitrogens with one attached hydrogen (secondary N) is 1. The number of para-hydroxylation sites is 1. The fourth-order valence-electron chi connectivity index (χ4n) is 6.17. The van der Waals surface area contributed by atoms with Crippen molar-refractivity contribution in [3.05, 3.63) is 48.4 Å². The molecule has 3 aromatic rings. The predicted molar refractivity (Wildman–Crippen MR) is 168 cm³/mol. The van der Waals surface area contributed by atoms with Gasteiger partial charge >= 0.3 is 12.0 Å². The van der Waals surface area contributed by atoms with Crippen molar-refractivity contribution in [2.24, 2.45) is 5.92 Å². The molecule has 0 spiro atoms. The average Bonchev–Trinajstić information content (AvgIpc) is 3.49. The number of aliphatic carboxylic acids is 1. The van der Waals surface area contributed by atoms with Crippen LogP contribution in [0.1, 0.15) is 31.2 Å². The van der Waals surface area contributed by atoms with Crippen molar-refractivity contribution in [3.63, 3.8) is 0 Å². The lowest BCUT2D eigenvalue weighted by molar-refractivity contribution is -0.271. The Hall–Kier alpha value is -3.87. The number of carboxylic acid groups (broad SMARTS) is 1. The van der Waals surface area contributed by atoms with Crippen LogP contribution in [0.15, 0.2) is 42.9 Å². The van der Waals surface area contributed by atoms with Crippen molar-refractivity contribution >= 4 is 38.9 Å². The maximum atomic E-state index is 13.7. The monoisotopic (exact) mass is 676 g/mol. The Morgan fingerprint density at radius 3 is 2.43 bits per heavy atom. The van der Waals surface area contributed by atoms with E-state index in [2.05, 4.69) is 19.6 Å². The minimum absolute atomic E-state index is 0.0371. The fourth-order valence-corrected chi connectivity index (χ4v) is 7.29. The van der Waals surface area contributed by atoms with Crippen LogP contribution in [-0.4, -0.2) is 124 Å². The molecular formula is C30H40N6O10S. The van der Waals surface area contributed by atoms with Gasteiger partial charge in [-0.25, -0.2) is 32.7 Å². The summed E-state index contributed by atoms with van der Waals surface area (Å²) >= 11 is 0. The van der Waals surface area contributed by atoms with Gasteiger partial charge in [-0.3, -0.25) is 4.57 Å². The molecule has 1 aliphatic heterocycles. The van der Waals surface area contributed by atoms with Gasteiger partial charge in [-0.05, 0) is 50.8 Å². The molecule has 0 unspecified atom stereocenters. The molecule has 17 heteroatoms. The number of carbonyl (C=O) groups excluding carboxylic acids is 1. The number of hydrogen-bond acceptors (Lipinski definition) is 12. The number of carbonyl (C=O) groups is 2. The topological polar surface area (TPSA) is 217 Å². The molecule has 5 rings (SSSR count). The number of sulfonamides is 1. The largest absolute Gasteiger partial charge is 0.479 e. The maximum absolute atomic E-state index is 13.7. The smallest absolute Gasteiger partial charge is 0.335 e.